The second-order valence-electron chi connectivity index (χ2n) is 5.82. The number of rotatable bonds is 4. The van der Waals surface area contributed by atoms with E-state index >= 15 is 0 Å². The molecule has 0 atom stereocenters. The maximum atomic E-state index is 12.5. The van der Waals surface area contributed by atoms with Gasteiger partial charge in [-0.3, -0.25) is 4.79 Å². The lowest BCUT2D eigenvalue weighted by atomic mass is 10.2. The highest BCUT2D eigenvalue weighted by Crippen LogP contribution is 2.21. The highest BCUT2D eigenvalue weighted by Gasteiger charge is 2.13. The Morgan fingerprint density at radius 3 is 2.59 bits per heavy atom. The average molecular weight is 393 g/mol. The van der Waals surface area contributed by atoms with Crippen molar-refractivity contribution in [2.45, 2.75) is 9.79 Å². The Labute approximate surface area is 166 Å². The number of thiol groups is 1. The third-order valence-corrected chi connectivity index (χ3v) is 5.13. The molecule has 0 bridgehead atoms. The molecule has 0 aliphatic rings. The van der Waals surface area contributed by atoms with E-state index in [4.69, 9.17) is 0 Å². The SMILES string of the molecule is CSc1cccc(-n2ccc(=O)c(-c3ccnn3-c3ccc(S)cc3)n2)c1. The summed E-state index contributed by atoms with van der Waals surface area (Å²) in [5.41, 5.74) is 2.57. The molecular formula is C20H16N4OS2. The maximum Gasteiger partial charge on any atom is 0.209 e. The molecule has 2 heterocycles. The minimum absolute atomic E-state index is 0.153. The molecule has 0 radical (unpaired) electrons. The van der Waals surface area contributed by atoms with Crippen LogP contribution < -0.4 is 5.43 Å². The van der Waals surface area contributed by atoms with Crippen LogP contribution in [0.15, 0.2) is 87.6 Å². The lowest BCUT2D eigenvalue weighted by Gasteiger charge is -2.10. The quantitative estimate of drug-likeness (QED) is 0.420. The fourth-order valence-corrected chi connectivity index (χ4v) is 3.37. The number of thioether (sulfide) groups is 1. The molecule has 0 amide bonds. The molecule has 5 nitrogen and oxygen atoms in total. The fraction of sp³-hybridized carbons (Fsp3) is 0.0500. The number of aromatic nitrogens is 4. The van der Waals surface area contributed by atoms with Gasteiger partial charge in [0.25, 0.3) is 0 Å². The molecule has 4 aromatic rings. The molecule has 0 saturated carbocycles. The van der Waals surface area contributed by atoms with Crippen molar-refractivity contribution in [3.05, 3.63) is 83.3 Å². The number of benzene rings is 2. The highest BCUT2D eigenvalue weighted by molar-refractivity contribution is 7.98. The average Bonchev–Trinajstić information content (AvgIpc) is 3.18. The smallest absolute Gasteiger partial charge is 0.209 e. The zero-order chi connectivity index (χ0) is 18.8. The number of hydrogen-bond acceptors (Lipinski definition) is 5. The van der Waals surface area contributed by atoms with Crippen LogP contribution in [-0.2, 0) is 0 Å². The standard InChI is InChI=1S/C20H16N4OS2/c1-27-17-4-2-3-15(13-17)23-12-10-19(25)20(22-23)18-9-11-21-24(18)14-5-7-16(26)8-6-14/h2-13,26H,1H3. The van der Waals surface area contributed by atoms with Gasteiger partial charge < -0.3 is 0 Å². The van der Waals surface area contributed by atoms with E-state index in [0.29, 0.717) is 11.4 Å². The van der Waals surface area contributed by atoms with E-state index < -0.39 is 0 Å². The van der Waals surface area contributed by atoms with E-state index in [-0.39, 0.29) is 5.43 Å². The molecule has 7 heteroatoms. The summed E-state index contributed by atoms with van der Waals surface area (Å²) in [6.07, 6.45) is 5.37. The van der Waals surface area contributed by atoms with Gasteiger partial charge in [-0.15, -0.1) is 24.4 Å². The molecule has 134 valence electrons. The molecule has 0 spiro atoms. The monoisotopic (exact) mass is 392 g/mol. The first-order valence-corrected chi connectivity index (χ1v) is 9.91. The largest absolute Gasteiger partial charge is 0.287 e. The van der Waals surface area contributed by atoms with Crippen molar-refractivity contribution in [2.24, 2.45) is 0 Å². The summed E-state index contributed by atoms with van der Waals surface area (Å²) in [7, 11) is 0. The summed E-state index contributed by atoms with van der Waals surface area (Å²) < 4.78 is 3.42. The Kier molecular flexibility index (Phi) is 4.87. The topological polar surface area (TPSA) is 52.7 Å². The van der Waals surface area contributed by atoms with Gasteiger partial charge in [0.2, 0.25) is 5.43 Å². The van der Waals surface area contributed by atoms with Gasteiger partial charge in [0.05, 0.1) is 23.3 Å². The molecule has 0 fully saturated rings. The van der Waals surface area contributed by atoms with Crippen LogP contribution in [0, 0.1) is 0 Å². The van der Waals surface area contributed by atoms with Crippen LogP contribution in [0.3, 0.4) is 0 Å². The number of nitrogens with zero attached hydrogens (tertiary/aromatic N) is 4. The van der Waals surface area contributed by atoms with Crippen LogP contribution in [0.2, 0.25) is 0 Å². The number of hydrogen-bond donors (Lipinski definition) is 1. The lowest BCUT2D eigenvalue weighted by Crippen LogP contribution is -2.14. The second kappa shape index (κ2) is 7.46. The highest BCUT2D eigenvalue weighted by atomic mass is 32.2. The lowest BCUT2D eigenvalue weighted by molar-refractivity contribution is 0.821. The first kappa shape index (κ1) is 17.6. The van der Waals surface area contributed by atoms with Crippen molar-refractivity contribution < 1.29 is 0 Å². The molecule has 2 aromatic carbocycles. The third kappa shape index (κ3) is 3.56. The molecule has 0 aliphatic heterocycles. The van der Waals surface area contributed by atoms with Crippen LogP contribution in [0.25, 0.3) is 22.8 Å². The zero-order valence-corrected chi connectivity index (χ0v) is 16.2. The predicted octanol–water partition coefficient (Wildman–Crippen LogP) is 4.10. The van der Waals surface area contributed by atoms with E-state index in [2.05, 4.69) is 22.8 Å². The van der Waals surface area contributed by atoms with Crippen LogP contribution >= 0.6 is 24.4 Å². The van der Waals surface area contributed by atoms with Gasteiger partial charge in [-0.1, -0.05) is 6.07 Å². The summed E-state index contributed by atoms with van der Waals surface area (Å²) in [5.74, 6) is 0. The Balaban J connectivity index is 1.83. The van der Waals surface area contributed by atoms with E-state index in [1.807, 2.05) is 54.8 Å². The maximum absolute atomic E-state index is 12.5. The van der Waals surface area contributed by atoms with E-state index in [1.165, 1.54) is 6.07 Å². The molecule has 27 heavy (non-hydrogen) atoms. The summed E-state index contributed by atoms with van der Waals surface area (Å²) in [6, 6.07) is 18.9. The molecule has 4 rings (SSSR count). The third-order valence-electron chi connectivity index (χ3n) is 4.11. The van der Waals surface area contributed by atoms with Gasteiger partial charge >= 0.3 is 0 Å². The van der Waals surface area contributed by atoms with Crippen molar-refractivity contribution in [3.8, 4) is 22.8 Å². The van der Waals surface area contributed by atoms with Crippen LogP contribution in [-0.4, -0.2) is 25.8 Å². The molecular weight excluding hydrogens is 376 g/mol. The first-order chi connectivity index (χ1) is 13.2. The van der Waals surface area contributed by atoms with Crippen molar-refractivity contribution in [1.82, 2.24) is 19.6 Å². The van der Waals surface area contributed by atoms with Crippen LogP contribution in [0.4, 0.5) is 0 Å². The molecule has 0 saturated heterocycles. The minimum atomic E-state index is -0.153. The summed E-state index contributed by atoms with van der Waals surface area (Å²) in [4.78, 5) is 14.5. The predicted molar refractivity (Wildman–Crippen MR) is 111 cm³/mol. The van der Waals surface area contributed by atoms with Crippen LogP contribution in [0.5, 0.6) is 0 Å². The second-order valence-corrected chi connectivity index (χ2v) is 7.22. The van der Waals surface area contributed by atoms with E-state index in [0.717, 1.165) is 21.2 Å². The van der Waals surface area contributed by atoms with Gasteiger partial charge in [0.15, 0.2) is 5.69 Å². The molecule has 2 aromatic heterocycles. The molecule has 0 aliphatic carbocycles. The van der Waals surface area contributed by atoms with E-state index in [9.17, 15) is 4.79 Å². The van der Waals surface area contributed by atoms with Crippen molar-refractivity contribution in [1.29, 1.82) is 0 Å². The van der Waals surface area contributed by atoms with Gasteiger partial charge in [0.1, 0.15) is 0 Å². The molecule has 0 unspecified atom stereocenters. The van der Waals surface area contributed by atoms with Crippen molar-refractivity contribution in [2.75, 3.05) is 6.26 Å². The van der Waals surface area contributed by atoms with Gasteiger partial charge in [-0.25, -0.2) is 9.36 Å². The Hall–Kier alpha value is -2.77. The fourth-order valence-electron chi connectivity index (χ4n) is 2.76. The summed E-state index contributed by atoms with van der Waals surface area (Å²) >= 11 is 5.97. The van der Waals surface area contributed by atoms with E-state index in [1.54, 1.807) is 39.6 Å². The Morgan fingerprint density at radius 2 is 1.81 bits per heavy atom. The van der Waals surface area contributed by atoms with Crippen LogP contribution in [0.1, 0.15) is 0 Å². The normalized spacial score (nSPS) is 10.9. The summed E-state index contributed by atoms with van der Waals surface area (Å²) in [6.45, 7) is 0. The Morgan fingerprint density at radius 1 is 1.00 bits per heavy atom. The van der Waals surface area contributed by atoms with Crippen molar-refractivity contribution in [3.63, 3.8) is 0 Å². The summed E-state index contributed by atoms with van der Waals surface area (Å²) in [5, 5.41) is 8.95. The van der Waals surface area contributed by atoms with Crippen molar-refractivity contribution >= 4 is 24.4 Å². The minimum Gasteiger partial charge on any atom is -0.287 e. The van der Waals surface area contributed by atoms with Gasteiger partial charge in [-0.2, -0.15) is 10.2 Å². The van der Waals surface area contributed by atoms with Gasteiger partial charge in [-0.05, 0) is 54.8 Å². The first-order valence-electron chi connectivity index (χ1n) is 8.24. The zero-order valence-electron chi connectivity index (χ0n) is 14.5. The van der Waals surface area contributed by atoms with Gasteiger partial charge in [0, 0.05) is 22.1 Å². The molecule has 0 N–H and O–H groups in total. The Bertz CT molecular complexity index is 1150.